The fourth-order valence-corrected chi connectivity index (χ4v) is 2.74. The van der Waals surface area contributed by atoms with Crippen LogP contribution in [0.1, 0.15) is 11.8 Å². The molecule has 13 nitrogen and oxygen atoms in total. The molecule has 5 atom stereocenters. The Kier molecular flexibility index (Phi) is 6.12. The summed E-state index contributed by atoms with van der Waals surface area (Å²) in [5.74, 6) is -2.88. The molecule has 1 aromatic heterocycles. The predicted octanol–water partition coefficient (Wildman–Crippen LogP) is -3.75. The highest BCUT2D eigenvalue weighted by Crippen LogP contribution is 2.31. The van der Waals surface area contributed by atoms with Gasteiger partial charge in [0.05, 0.1) is 13.1 Å². The lowest BCUT2D eigenvalue weighted by Crippen LogP contribution is -2.52. The molecular formula is C14H19N3O10. The number of ether oxygens (including phenoxy) is 1. The number of aliphatic hydroxyl groups excluding tert-OH is 3. The fourth-order valence-electron chi connectivity index (χ4n) is 2.74. The van der Waals surface area contributed by atoms with Crippen LogP contribution < -0.4 is 11.2 Å². The molecule has 1 aliphatic heterocycles. The normalized spacial score (nSPS) is 26.3. The van der Waals surface area contributed by atoms with E-state index in [2.05, 4.69) is 0 Å². The first-order valence-electron chi connectivity index (χ1n) is 7.72. The van der Waals surface area contributed by atoms with E-state index < -0.39 is 67.0 Å². The van der Waals surface area contributed by atoms with Crippen LogP contribution >= 0.6 is 0 Å². The van der Waals surface area contributed by atoms with Gasteiger partial charge in [-0.15, -0.1) is 0 Å². The van der Waals surface area contributed by atoms with Gasteiger partial charge in [0.2, 0.25) is 0 Å². The van der Waals surface area contributed by atoms with Crippen LogP contribution in [0.2, 0.25) is 0 Å². The average molecular weight is 389 g/mol. The minimum Gasteiger partial charge on any atom is -0.480 e. The summed E-state index contributed by atoms with van der Waals surface area (Å²) in [4.78, 5) is 47.7. The molecule has 1 aromatic rings. The molecule has 6 N–H and O–H groups in total. The SMILES string of the molecule is Cc1cn([C@@H]2O[C@H](C(O)N(CC(=O)O)CC(=O)O)[C@@H](O)[C@H]2O)c(=O)[nH]c1=O. The number of aromatic nitrogens is 2. The van der Waals surface area contributed by atoms with E-state index in [9.17, 15) is 34.5 Å². The number of aromatic amines is 1. The molecule has 0 aromatic carbocycles. The summed E-state index contributed by atoms with van der Waals surface area (Å²) in [5.41, 5.74) is -1.48. The number of aliphatic hydroxyl groups is 3. The Bertz CT molecular complexity index is 817. The zero-order valence-electron chi connectivity index (χ0n) is 14.1. The van der Waals surface area contributed by atoms with E-state index in [1.807, 2.05) is 4.98 Å². The maximum atomic E-state index is 11.9. The zero-order valence-corrected chi connectivity index (χ0v) is 14.1. The van der Waals surface area contributed by atoms with E-state index in [1.54, 1.807) is 0 Å². The van der Waals surface area contributed by atoms with Crippen LogP contribution in [-0.2, 0) is 14.3 Å². The predicted molar refractivity (Wildman–Crippen MR) is 84.8 cm³/mol. The molecular weight excluding hydrogens is 370 g/mol. The standard InChI is InChI=1S/C14H19N3O10/c1-5-2-17(14(26)15-11(5)24)13-9(23)8(22)10(27-13)12(25)16(3-6(18)19)4-7(20)21/h2,8-10,12-13,22-23,25H,3-4H2,1H3,(H,18,19)(H,20,21)(H,15,24,26)/t8-,9+,10-,12?,13+/m0/s1. The molecule has 1 saturated heterocycles. The number of carboxylic acid groups (broad SMARTS) is 2. The molecule has 1 aliphatic rings. The number of aliphatic carboxylic acids is 2. The van der Waals surface area contributed by atoms with Crippen LogP contribution in [0, 0.1) is 6.92 Å². The molecule has 0 saturated carbocycles. The van der Waals surface area contributed by atoms with Crippen LogP contribution in [0.3, 0.4) is 0 Å². The van der Waals surface area contributed by atoms with Crippen molar-refractivity contribution in [1.82, 2.24) is 14.5 Å². The molecule has 150 valence electrons. The number of rotatable bonds is 7. The Morgan fingerprint density at radius 3 is 2.30 bits per heavy atom. The maximum Gasteiger partial charge on any atom is 0.330 e. The van der Waals surface area contributed by atoms with Crippen molar-refractivity contribution in [3.63, 3.8) is 0 Å². The van der Waals surface area contributed by atoms with Gasteiger partial charge in [-0.25, -0.2) is 4.79 Å². The first-order valence-corrected chi connectivity index (χ1v) is 7.72. The van der Waals surface area contributed by atoms with Crippen molar-refractivity contribution in [3.8, 4) is 0 Å². The van der Waals surface area contributed by atoms with Crippen molar-refractivity contribution < 1.29 is 39.9 Å². The van der Waals surface area contributed by atoms with E-state index in [-0.39, 0.29) is 5.56 Å². The number of aryl methyl sites for hydroxylation is 1. The molecule has 0 amide bonds. The molecule has 0 radical (unpaired) electrons. The number of nitrogens with one attached hydrogen (secondary N) is 1. The van der Waals surface area contributed by atoms with Crippen molar-refractivity contribution in [2.45, 2.75) is 37.7 Å². The minimum atomic E-state index is -1.91. The third-order valence-corrected chi connectivity index (χ3v) is 4.04. The van der Waals surface area contributed by atoms with Gasteiger partial charge in [0.15, 0.2) is 6.23 Å². The lowest BCUT2D eigenvalue weighted by molar-refractivity contribution is -0.163. The number of nitrogens with zero attached hydrogens (tertiary/aromatic N) is 2. The van der Waals surface area contributed by atoms with Crippen LogP contribution in [0.25, 0.3) is 0 Å². The van der Waals surface area contributed by atoms with Gasteiger partial charge in [-0.3, -0.25) is 28.8 Å². The Morgan fingerprint density at radius 1 is 1.22 bits per heavy atom. The third kappa shape index (κ3) is 4.40. The molecule has 2 rings (SSSR count). The summed E-state index contributed by atoms with van der Waals surface area (Å²) in [7, 11) is 0. The second-order valence-electron chi connectivity index (χ2n) is 6.06. The maximum absolute atomic E-state index is 11.9. The van der Waals surface area contributed by atoms with E-state index in [4.69, 9.17) is 14.9 Å². The highest BCUT2D eigenvalue weighted by atomic mass is 16.6. The van der Waals surface area contributed by atoms with Crippen molar-refractivity contribution in [2.24, 2.45) is 0 Å². The second kappa shape index (κ2) is 7.98. The van der Waals surface area contributed by atoms with Gasteiger partial charge in [-0.1, -0.05) is 0 Å². The summed E-state index contributed by atoms with van der Waals surface area (Å²) in [6.45, 7) is -0.364. The minimum absolute atomic E-state index is 0.113. The summed E-state index contributed by atoms with van der Waals surface area (Å²) >= 11 is 0. The molecule has 0 aliphatic carbocycles. The van der Waals surface area contributed by atoms with Crippen molar-refractivity contribution in [3.05, 3.63) is 32.6 Å². The van der Waals surface area contributed by atoms with Crippen molar-refractivity contribution in [1.29, 1.82) is 0 Å². The van der Waals surface area contributed by atoms with Gasteiger partial charge in [0.1, 0.15) is 24.5 Å². The lowest BCUT2D eigenvalue weighted by Gasteiger charge is -2.30. The Morgan fingerprint density at radius 2 is 1.78 bits per heavy atom. The Hall–Kier alpha value is -2.58. The van der Waals surface area contributed by atoms with Crippen LogP contribution in [-0.4, -0.2) is 89.6 Å². The number of H-pyrrole nitrogens is 1. The third-order valence-electron chi connectivity index (χ3n) is 4.04. The van der Waals surface area contributed by atoms with Crippen molar-refractivity contribution in [2.75, 3.05) is 13.1 Å². The summed E-state index contributed by atoms with van der Waals surface area (Å²) < 4.78 is 6.12. The highest BCUT2D eigenvalue weighted by molar-refractivity contribution is 5.72. The second-order valence-corrected chi connectivity index (χ2v) is 6.06. The van der Waals surface area contributed by atoms with Gasteiger partial charge < -0.3 is 30.3 Å². The summed E-state index contributed by atoms with van der Waals surface area (Å²) in [6, 6.07) is 0. The van der Waals surface area contributed by atoms with Gasteiger partial charge in [0, 0.05) is 11.8 Å². The number of hydrogen-bond donors (Lipinski definition) is 6. The van der Waals surface area contributed by atoms with E-state index in [0.717, 1.165) is 10.8 Å². The van der Waals surface area contributed by atoms with Gasteiger partial charge in [-0.2, -0.15) is 0 Å². The van der Waals surface area contributed by atoms with Crippen LogP contribution in [0.5, 0.6) is 0 Å². The van der Waals surface area contributed by atoms with E-state index in [1.165, 1.54) is 6.92 Å². The highest BCUT2D eigenvalue weighted by Gasteiger charge is 2.49. The molecule has 27 heavy (non-hydrogen) atoms. The smallest absolute Gasteiger partial charge is 0.330 e. The molecule has 13 heteroatoms. The Labute approximate surface area is 150 Å². The molecule has 0 bridgehead atoms. The summed E-state index contributed by atoms with van der Waals surface area (Å²) in [6.07, 6.45) is -7.44. The fraction of sp³-hybridized carbons (Fsp3) is 0.571. The molecule has 1 fully saturated rings. The topological polar surface area (TPSA) is 203 Å². The van der Waals surface area contributed by atoms with Gasteiger partial charge in [0.25, 0.3) is 5.56 Å². The largest absolute Gasteiger partial charge is 0.480 e. The van der Waals surface area contributed by atoms with Crippen LogP contribution in [0.15, 0.2) is 15.8 Å². The Balaban J connectivity index is 2.30. The first-order chi connectivity index (χ1) is 12.5. The van der Waals surface area contributed by atoms with Gasteiger partial charge >= 0.3 is 17.6 Å². The van der Waals surface area contributed by atoms with Gasteiger partial charge in [-0.05, 0) is 6.92 Å². The monoisotopic (exact) mass is 389 g/mol. The number of hydrogen-bond acceptors (Lipinski definition) is 9. The van der Waals surface area contributed by atoms with Crippen LogP contribution in [0.4, 0.5) is 0 Å². The van der Waals surface area contributed by atoms with E-state index in [0.29, 0.717) is 4.90 Å². The zero-order chi connectivity index (χ0) is 20.5. The average Bonchev–Trinajstić information content (AvgIpc) is 2.84. The molecule has 1 unspecified atom stereocenters. The van der Waals surface area contributed by atoms with E-state index >= 15 is 0 Å². The number of carbonyl (C=O) groups is 2. The molecule has 0 spiro atoms. The molecule has 2 heterocycles. The summed E-state index contributed by atoms with van der Waals surface area (Å²) in [5, 5.41) is 48.3. The van der Waals surface area contributed by atoms with Crippen molar-refractivity contribution >= 4 is 11.9 Å². The quantitative estimate of drug-likeness (QED) is 0.250. The lowest BCUT2D eigenvalue weighted by atomic mass is 10.1. The number of carboxylic acids is 2. The first kappa shape index (κ1) is 20.7.